The van der Waals surface area contributed by atoms with Gasteiger partial charge in [0.15, 0.2) is 0 Å². The highest BCUT2D eigenvalue weighted by Gasteiger charge is 2.39. The zero-order valence-electron chi connectivity index (χ0n) is 19.8. The minimum Gasteiger partial charge on any atom is -1.00 e. The first-order valence-electron chi connectivity index (χ1n) is 10.9. The Labute approximate surface area is 235 Å². The molecule has 2 aliphatic rings. The summed E-state index contributed by atoms with van der Waals surface area (Å²) in [6.45, 7) is 7.48. The van der Waals surface area contributed by atoms with Gasteiger partial charge in [0.25, 0.3) is 16.6 Å². The van der Waals surface area contributed by atoms with E-state index in [1.54, 1.807) is 27.3 Å². The third kappa shape index (κ3) is 4.65. The van der Waals surface area contributed by atoms with Crippen molar-refractivity contribution in [2.24, 2.45) is 12.0 Å². The number of aliphatic imine (C=N–C) groups is 1. The number of aromatic nitrogens is 2. The van der Waals surface area contributed by atoms with Crippen LogP contribution in [0.5, 0.6) is 0 Å². The van der Waals surface area contributed by atoms with Gasteiger partial charge in [-0.25, -0.2) is 4.57 Å². The topological polar surface area (TPSA) is 61.8 Å². The monoisotopic (exact) mass is 599 g/mol. The van der Waals surface area contributed by atoms with Gasteiger partial charge in [-0.05, 0) is 53.2 Å². The average molecular weight is 601 g/mol. The van der Waals surface area contributed by atoms with Crippen molar-refractivity contribution in [3.8, 4) is 0 Å². The van der Waals surface area contributed by atoms with E-state index in [4.69, 9.17) is 16.6 Å². The van der Waals surface area contributed by atoms with E-state index in [2.05, 4.69) is 11.5 Å². The van der Waals surface area contributed by atoms with Crippen LogP contribution in [0, 0.1) is 0 Å². The molecule has 13 heteroatoms. The molecule has 0 atom stereocenters. The summed E-state index contributed by atoms with van der Waals surface area (Å²) in [5.74, 6) is 0.795. The van der Waals surface area contributed by atoms with E-state index >= 15 is 0 Å². The number of amidine groups is 1. The molecule has 0 aliphatic carbocycles. The molecular weight excluding hydrogens is 577 g/mol. The van der Waals surface area contributed by atoms with Gasteiger partial charge in [0.2, 0.25) is 0 Å². The van der Waals surface area contributed by atoms with Crippen molar-refractivity contribution in [1.82, 2.24) is 14.4 Å². The molecule has 2 saturated heterocycles. The van der Waals surface area contributed by atoms with Gasteiger partial charge in [-0.1, -0.05) is 17.7 Å². The Morgan fingerprint density at radius 2 is 2.06 bits per heavy atom. The summed E-state index contributed by atoms with van der Waals surface area (Å²) < 4.78 is 6.10. The first-order chi connectivity index (χ1) is 16.8. The molecule has 1 amide bonds. The molecule has 1 aromatic carbocycles. The predicted octanol–water partition coefficient (Wildman–Crippen LogP) is -0.0721. The molecule has 0 spiro atoms. The third-order valence-corrected chi connectivity index (χ3v) is 10.8. The number of benzene rings is 1. The number of fused-ring (bicyclic) bond motifs is 1. The Morgan fingerprint density at radius 1 is 1.28 bits per heavy atom. The molecule has 190 valence electrons. The number of carbonyl (C=O) groups is 1. The Balaban J connectivity index is 0.00000304. The van der Waals surface area contributed by atoms with Crippen molar-refractivity contribution >= 4 is 94.2 Å². The summed E-state index contributed by atoms with van der Waals surface area (Å²) >= 11 is 12.1. The van der Waals surface area contributed by atoms with Crippen LogP contribution < -0.4 is 31.7 Å². The summed E-state index contributed by atoms with van der Waals surface area (Å²) in [7, 11) is 3.95. The summed E-state index contributed by atoms with van der Waals surface area (Å²) in [4.78, 5) is 36.0. The fourth-order valence-corrected chi connectivity index (χ4v) is 9.04. The van der Waals surface area contributed by atoms with E-state index in [0.717, 1.165) is 32.7 Å². The molecule has 2 aliphatic heterocycles. The zero-order valence-corrected chi connectivity index (χ0v) is 24.6. The summed E-state index contributed by atoms with van der Waals surface area (Å²) in [6.07, 6.45) is 1.69. The Morgan fingerprint density at radius 3 is 2.72 bits per heavy atom. The van der Waals surface area contributed by atoms with Crippen LogP contribution in [0.15, 0.2) is 40.6 Å². The van der Waals surface area contributed by atoms with Gasteiger partial charge < -0.3 is 17.3 Å². The maximum Gasteiger partial charge on any atom is 0.385 e. The highest BCUT2D eigenvalue weighted by Crippen LogP contribution is 2.35. The minimum atomic E-state index is -0.159. The second-order valence-corrected chi connectivity index (χ2v) is 12.5. The van der Waals surface area contributed by atoms with Crippen LogP contribution in [-0.4, -0.2) is 51.3 Å². The second kappa shape index (κ2) is 10.9. The molecule has 2 aromatic heterocycles. The molecule has 0 radical (unpaired) electrons. The van der Waals surface area contributed by atoms with Gasteiger partial charge in [-0.2, -0.15) is 0 Å². The molecule has 2 fully saturated rings. The van der Waals surface area contributed by atoms with Crippen LogP contribution >= 0.6 is 57.8 Å². The lowest BCUT2D eigenvalue weighted by Crippen LogP contribution is -3.00. The smallest absolute Gasteiger partial charge is 0.385 e. The van der Waals surface area contributed by atoms with E-state index in [0.29, 0.717) is 37.4 Å². The lowest BCUT2D eigenvalue weighted by atomic mass is 10.3. The number of amides is 1. The number of hydrogen-bond donors (Lipinski definition) is 0. The van der Waals surface area contributed by atoms with E-state index < -0.39 is 0 Å². The summed E-state index contributed by atoms with van der Waals surface area (Å²) in [5, 5.41) is 2.98. The quantitative estimate of drug-likeness (QED) is 0.310. The number of nitrogens with zero attached hydrogens (tertiary/aromatic N) is 5. The van der Waals surface area contributed by atoms with Gasteiger partial charge in [-0.3, -0.25) is 19.1 Å². The van der Waals surface area contributed by atoms with Gasteiger partial charge in [0.05, 0.1) is 16.8 Å². The van der Waals surface area contributed by atoms with E-state index in [9.17, 15) is 9.59 Å². The molecule has 7 nitrogen and oxygen atoms in total. The van der Waals surface area contributed by atoms with Crippen LogP contribution in [-0.2, 0) is 18.4 Å². The molecule has 0 N–H and O–H groups in total. The molecule has 5 rings (SSSR count). The molecular formula is C23H23Cl2N5O2S4. The zero-order chi connectivity index (χ0) is 24.9. The number of hydrogen-bond acceptors (Lipinski definition) is 8. The second-order valence-electron chi connectivity index (χ2n) is 7.95. The fraction of sp³-hybridized carbons (Fsp3) is 0.304. The SMILES string of the molecule is C=CCN1C(=O)/C(=c2/s/c(=C3/SCCN3C)c(=O)n2CC)S/C1=N\c1sc2cc(Cl)ccc2[n+]1C.[Cl-]. The maximum atomic E-state index is 13.6. The third-order valence-electron chi connectivity index (χ3n) is 5.74. The largest absolute Gasteiger partial charge is 1.00 e. The van der Waals surface area contributed by atoms with Crippen LogP contribution in [0.1, 0.15) is 6.92 Å². The Hall–Kier alpha value is -1.76. The molecule has 3 aromatic rings. The lowest BCUT2D eigenvalue weighted by molar-refractivity contribution is -0.627. The van der Waals surface area contributed by atoms with Crippen LogP contribution in [0.3, 0.4) is 0 Å². The molecule has 36 heavy (non-hydrogen) atoms. The highest BCUT2D eigenvalue weighted by atomic mass is 35.5. The summed E-state index contributed by atoms with van der Waals surface area (Å²) in [5.41, 5.74) is 0.976. The highest BCUT2D eigenvalue weighted by molar-refractivity contribution is 8.23. The van der Waals surface area contributed by atoms with Crippen LogP contribution in [0.4, 0.5) is 5.13 Å². The number of halogens is 2. The molecule has 0 bridgehead atoms. The number of rotatable bonds is 4. The molecule has 0 saturated carbocycles. The van der Waals surface area contributed by atoms with Crippen molar-refractivity contribution < 1.29 is 21.8 Å². The van der Waals surface area contributed by atoms with Gasteiger partial charge in [0, 0.05) is 37.5 Å². The fourth-order valence-electron chi connectivity index (χ4n) is 3.94. The van der Waals surface area contributed by atoms with Crippen molar-refractivity contribution in [2.45, 2.75) is 13.5 Å². The predicted molar refractivity (Wildman–Crippen MR) is 150 cm³/mol. The number of carbonyl (C=O) groups excluding carboxylic acids is 1. The first-order valence-corrected chi connectivity index (χ1v) is 14.7. The molecule has 4 heterocycles. The number of aryl methyl sites for hydroxylation is 1. The lowest BCUT2D eigenvalue weighted by Gasteiger charge is -2.08. The van der Waals surface area contributed by atoms with Crippen molar-refractivity contribution in [3.63, 3.8) is 0 Å². The molecule has 0 unspecified atom stereocenters. The Bertz CT molecular complexity index is 1590. The minimum absolute atomic E-state index is 0. The standard InChI is InChI=1S/C23H23ClN5O2S4.ClH/c1-5-9-29-19(31)17(21-28(6-2)18(30)16(34-21)20-26(3)10-11-32-20)35-23(29)25-22-27(4)14-8-7-13(24)12-15(14)33-22;/h5,7-8,12H,1,6,9-11H2,2-4H3;1H/q+1;/p-1/b20-16+,21-17-;. The summed E-state index contributed by atoms with van der Waals surface area (Å²) in [6, 6.07) is 5.74. The maximum absolute atomic E-state index is 13.6. The van der Waals surface area contributed by atoms with E-state index in [-0.39, 0.29) is 23.9 Å². The van der Waals surface area contributed by atoms with Crippen molar-refractivity contribution in [3.05, 3.63) is 55.4 Å². The number of thiazole rings is 2. The van der Waals surface area contributed by atoms with E-state index in [1.165, 1.54) is 34.4 Å². The van der Waals surface area contributed by atoms with E-state index in [1.807, 2.05) is 43.8 Å². The van der Waals surface area contributed by atoms with Crippen LogP contribution in [0.25, 0.3) is 20.2 Å². The first kappa shape index (κ1) is 27.3. The normalized spacial score (nSPS) is 20.1. The van der Waals surface area contributed by atoms with Crippen LogP contribution in [0.2, 0.25) is 5.02 Å². The van der Waals surface area contributed by atoms with Crippen molar-refractivity contribution in [2.75, 3.05) is 25.9 Å². The van der Waals surface area contributed by atoms with Gasteiger partial charge in [-0.15, -0.1) is 29.7 Å². The average Bonchev–Trinajstić information content (AvgIpc) is 3.55. The van der Waals surface area contributed by atoms with Crippen molar-refractivity contribution in [1.29, 1.82) is 0 Å². The van der Waals surface area contributed by atoms with Gasteiger partial charge in [0.1, 0.15) is 19.6 Å². The van der Waals surface area contributed by atoms with Gasteiger partial charge >= 0.3 is 5.13 Å². The number of thioether (sulfide) groups is 2. The Kier molecular flexibility index (Phi) is 8.28.